The van der Waals surface area contributed by atoms with E-state index in [1.165, 1.54) is 12.0 Å². The van der Waals surface area contributed by atoms with Crippen molar-refractivity contribution in [1.29, 1.82) is 0 Å². The van der Waals surface area contributed by atoms with E-state index >= 15 is 0 Å². The SMILES string of the molecule is CCN(C(=O)N1CCCC(C)C1)c1ccc(C)cc1. The number of amides is 2. The zero-order valence-electron chi connectivity index (χ0n) is 12.2. The van der Waals surface area contributed by atoms with Gasteiger partial charge in [-0.3, -0.25) is 4.90 Å². The highest BCUT2D eigenvalue weighted by atomic mass is 16.2. The minimum atomic E-state index is 0.151. The minimum absolute atomic E-state index is 0.151. The summed E-state index contributed by atoms with van der Waals surface area (Å²) in [6.45, 7) is 8.82. The maximum Gasteiger partial charge on any atom is 0.324 e. The van der Waals surface area contributed by atoms with Crippen LogP contribution in [0.5, 0.6) is 0 Å². The third kappa shape index (κ3) is 3.28. The van der Waals surface area contributed by atoms with E-state index in [1.54, 1.807) is 0 Å². The first-order chi connectivity index (χ1) is 9.11. The molecular formula is C16H24N2O. The van der Waals surface area contributed by atoms with Crippen molar-refractivity contribution < 1.29 is 4.79 Å². The summed E-state index contributed by atoms with van der Waals surface area (Å²) >= 11 is 0. The summed E-state index contributed by atoms with van der Waals surface area (Å²) in [5, 5.41) is 0. The van der Waals surface area contributed by atoms with Crippen LogP contribution in [-0.4, -0.2) is 30.6 Å². The van der Waals surface area contributed by atoms with Gasteiger partial charge in [-0.05, 0) is 44.7 Å². The molecule has 1 saturated heterocycles. The second kappa shape index (κ2) is 6.09. The second-order valence-electron chi connectivity index (χ2n) is 5.56. The summed E-state index contributed by atoms with van der Waals surface area (Å²) in [5.41, 5.74) is 2.22. The number of rotatable bonds is 2. The number of hydrogen-bond acceptors (Lipinski definition) is 1. The Balaban J connectivity index is 2.12. The molecule has 1 atom stereocenters. The maximum absolute atomic E-state index is 12.6. The molecular weight excluding hydrogens is 236 g/mol. The first-order valence-electron chi connectivity index (χ1n) is 7.25. The van der Waals surface area contributed by atoms with E-state index in [2.05, 4.69) is 26.0 Å². The molecule has 19 heavy (non-hydrogen) atoms. The molecule has 1 heterocycles. The predicted molar refractivity (Wildman–Crippen MR) is 79.6 cm³/mol. The molecule has 104 valence electrons. The number of hydrogen-bond donors (Lipinski definition) is 0. The largest absolute Gasteiger partial charge is 0.324 e. The number of piperidine rings is 1. The van der Waals surface area contributed by atoms with Crippen LogP contribution in [0.1, 0.15) is 32.3 Å². The predicted octanol–water partition coefficient (Wildman–Crippen LogP) is 3.67. The van der Waals surface area contributed by atoms with Crippen LogP contribution in [0, 0.1) is 12.8 Å². The molecule has 1 fully saturated rings. The Morgan fingerprint density at radius 3 is 2.63 bits per heavy atom. The Hall–Kier alpha value is -1.51. The number of aryl methyl sites for hydroxylation is 1. The molecule has 3 heteroatoms. The molecule has 0 bridgehead atoms. The summed E-state index contributed by atoms with van der Waals surface area (Å²) in [6.07, 6.45) is 2.36. The summed E-state index contributed by atoms with van der Waals surface area (Å²) in [4.78, 5) is 16.5. The zero-order valence-corrected chi connectivity index (χ0v) is 12.2. The van der Waals surface area contributed by atoms with Gasteiger partial charge in [-0.1, -0.05) is 24.6 Å². The molecule has 1 unspecified atom stereocenters. The number of anilines is 1. The van der Waals surface area contributed by atoms with Gasteiger partial charge in [0.05, 0.1) is 0 Å². The molecule has 2 rings (SSSR count). The molecule has 0 N–H and O–H groups in total. The van der Waals surface area contributed by atoms with Gasteiger partial charge in [-0.2, -0.15) is 0 Å². The molecule has 1 aromatic carbocycles. The van der Waals surface area contributed by atoms with E-state index in [0.29, 0.717) is 12.5 Å². The number of nitrogens with zero attached hydrogens (tertiary/aromatic N) is 2. The van der Waals surface area contributed by atoms with Crippen molar-refractivity contribution in [3.8, 4) is 0 Å². The van der Waals surface area contributed by atoms with Crippen LogP contribution in [0.2, 0.25) is 0 Å². The Labute approximate surface area is 116 Å². The quantitative estimate of drug-likeness (QED) is 0.795. The minimum Gasteiger partial charge on any atom is -0.324 e. The lowest BCUT2D eigenvalue weighted by molar-refractivity contribution is 0.176. The van der Waals surface area contributed by atoms with E-state index < -0.39 is 0 Å². The first kappa shape index (κ1) is 13.9. The van der Waals surface area contributed by atoms with Crippen molar-refractivity contribution in [2.24, 2.45) is 5.92 Å². The maximum atomic E-state index is 12.6. The van der Waals surface area contributed by atoms with Gasteiger partial charge in [0.15, 0.2) is 0 Å². The fraction of sp³-hybridized carbons (Fsp3) is 0.562. The summed E-state index contributed by atoms with van der Waals surface area (Å²) in [5.74, 6) is 0.620. The lowest BCUT2D eigenvalue weighted by Crippen LogP contribution is -2.47. The van der Waals surface area contributed by atoms with Crippen LogP contribution in [0.4, 0.5) is 10.5 Å². The molecule has 0 saturated carbocycles. The number of likely N-dealkylation sites (tertiary alicyclic amines) is 1. The average Bonchev–Trinajstić information content (AvgIpc) is 2.41. The fourth-order valence-electron chi connectivity index (χ4n) is 2.69. The van der Waals surface area contributed by atoms with Crippen LogP contribution in [0.3, 0.4) is 0 Å². The van der Waals surface area contributed by atoms with Crippen molar-refractivity contribution >= 4 is 11.7 Å². The molecule has 3 nitrogen and oxygen atoms in total. The standard InChI is InChI=1S/C16H24N2O/c1-4-18(15-9-7-13(2)8-10-15)16(19)17-11-5-6-14(3)12-17/h7-10,14H,4-6,11-12H2,1-3H3. The van der Waals surface area contributed by atoms with Crippen molar-refractivity contribution in [3.63, 3.8) is 0 Å². The van der Waals surface area contributed by atoms with Gasteiger partial charge in [-0.15, -0.1) is 0 Å². The third-order valence-electron chi connectivity index (χ3n) is 3.82. The van der Waals surface area contributed by atoms with Crippen molar-refractivity contribution in [2.75, 3.05) is 24.5 Å². The molecule has 0 aromatic heterocycles. The molecule has 1 aromatic rings. The highest BCUT2D eigenvalue weighted by Crippen LogP contribution is 2.21. The zero-order chi connectivity index (χ0) is 13.8. The van der Waals surface area contributed by atoms with Gasteiger partial charge >= 0.3 is 6.03 Å². The van der Waals surface area contributed by atoms with Gasteiger partial charge in [0, 0.05) is 25.3 Å². The van der Waals surface area contributed by atoms with Gasteiger partial charge in [0.2, 0.25) is 0 Å². The summed E-state index contributed by atoms with van der Waals surface area (Å²) in [6, 6.07) is 8.33. The van der Waals surface area contributed by atoms with Crippen molar-refractivity contribution in [3.05, 3.63) is 29.8 Å². The summed E-state index contributed by atoms with van der Waals surface area (Å²) < 4.78 is 0. The van der Waals surface area contributed by atoms with E-state index in [1.807, 2.05) is 28.9 Å². The Morgan fingerprint density at radius 2 is 2.05 bits per heavy atom. The van der Waals surface area contributed by atoms with Crippen LogP contribution < -0.4 is 4.90 Å². The molecule has 2 amide bonds. The van der Waals surface area contributed by atoms with Crippen LogP contribution in [0.15, 0.2) is 24.3 Å². The second-order valence-corrected chi connectivity index (χ2v) is 5.56. The van der Waals surface area contributed by atoms with Crippen LogP contribution in [-0.2, 0) is 0 Å². The van der Waals surface area contributed by atoms with E-state index in [4.69, 9.17) is 0 Å². The number of carbonyl (C=O) groups excluding carboxylic acids is 1. The topological polar surface area (TPSA) is 23.6 Å². The van der Waals surface area contributed by atoms with Crippen LogP contribution >= 0.6 is 0 Å². The van der Waals surface area contributed by atoms with E-state index in [0.717, 1.165) is 25.2 Å². The molecule has 0 radical (unpaired) electrons. The Morgan fingerprint density at radius 1 is 1.37 bits per heavy atom. The van der Waals surface area contributed by atoms with Crippen molar-refractivity contribution in [1.82, 2.24) is 4.90 Å². The van der Waals surface area contributed by atoms with Gasteiger partial charge in [0.25, 0.3) is 0 Å². The molecule has 1 aliphatic heterocycles. The normalized spacial score (nSPS) is 19.3. The Bertz CT molecular complexity index is 427. The molecule has 1 aliphatic rings. The lowest BCUT2D eigenvalue weighted by atomic mass is 10.0. The third-order valence-corrected chi connectivity index (χ3v) is 3.82. The first-order valence-corrected chi connectivity index (χ1v) is 7.25. The monoisotopic (exact) mass is 260 g/mol. The molecule has 0 spiro atoms. The lowest BCUT2D eigenvalue weighted by Gasteiger charge is -2.35. The average molecular weight is 260 g/mol. The highest BCUT2D eigenvalue weighted by Gasteiger charge is 2.25. The fourth-order valence-corrected chi connectivity index (χ4v) is 2.69. The van der Waals surface area contributed by atoms with E-state index in [9.17, 15) is 4.79 Å². The smallest absolute Gasteiger partial charge is 0.324 e. The van der Waals surface area contributed by atoms with Crippen LogP contribution in [0.25, 0.3) is 0 Å². The number of benzene rings is 1. The Kier molecular flexibility index (Phi) is 4.46. The number of urea groups is 1. The van der Waals surface area contributed by atoms with Crippen molar-refractivity contribution in [2.45, 2.75) is 33.6 Å². The number of carbonyl (C=O) groups is 1. The molecule has 0 aliphatic carbocycles. The van der Waals surface area contributed by atoms with Gasteiger partial charge < -0.3 is 4.90 Å². The summed E-state index contributed by atoms with van der Waals surface area (Å²) in [7, 11) is 0. The van der Waals surface area contributed by atoms with E-state index in [-0.39, 0.29) is 6.03 Å². The van der Waals surface area contributed by atoms with Gasteiger partial charge in [0.1, 0.15) is 0 Å². The highest BCUT2D eigenvalue weighted by molar-refractivity contribution is 5.92. The van der Waals surface area contributed by atoms with Gasteiger partial charge in [-0.25, -0.2) is 4.79 Å².